The molecule has 4 aliphatic rings. The van der Waals surface area contributed by atoms with Gasteiger partial charge in [0, 0.05) is 52.2 Å². The molecule has 59 heavy (non-hydrogen) atoms. The van der Waals surface area contributed by atoms with Gasteiger partial charge in [-0.2, -0.15) is 19.2 Å². The quantitative estimate of drug-likeness (QED) is 0.0853. The van der Waals surface area contributed by atoms with E-state index < -0.39 is 23.5 Å². The highest BCUT2D eigenvalue weighted by atomic mass is 35.5. The second-order valence-corrected chi connectivity index (χ2v) is 16.1. The van der Waals surface area contributed by atoms with Gasteiger partial charge in [0.1, 0.15) is 34.0 Å². The molecule has 19 heteroatoms. The Balaban J connectivity index is 0.000000164. The number of aromatic nitrogens is 6. The number of ether oxygens (including phenoxy) is 1. The van der Waals surface area contributed by atoms with E-state index in [0.29, 0.717) is 62.5 Å². The molecule has 4 fully saturated rings. The summed E-state index contributed by atoms with van der Waals surface area (Å²) in [6, 6.07) is 8.56. The molecule has 0 atom stereocenters. The molecule has 4 aromatic heterocycles. The van der Waals surface area contributed by atoms with Crippen LogP contribution in [-0.2, 0) is 23.9 Å². The third-order valence-corrected chi connectivity index (χ3v) is 9.70. The van der Waals surface area contributed by atoms with Gasteiger partial charge in [-0.25, -0.2) is 19.2 Å². The standard InChI is InChI=1S/C21H19FN6O2.C19H20ClN5O4/c1-11-6-15(4-5-16(11)22)24-17-9-18(25-14-2-3-14)28-20(26-17)13(10-23-28)7-12-8-19(29)27-21(12)30;1-19(2,3)29-18(28)24(12-4-5-12)15-8-13(20)22-16-11(9-21-25(15)16)6-10-7-14(26)23-17(10)27/h4-7,9-10,14,25H,2-3,8H2,1H3,(H,24,26)(H,27,29,30);6,8-9,12H,4-5,7H2,1-3H3,(H,23,26,27)/b12-7+;10-6+. The third-order valence-electron chi connectivity index (χ3n) is 9.51. The Morgan fingerprint density at radius 2 is 1.51 bits per heavy atom. The van der Waals surface area contributed by atoms with Crippen LogP contribution < -0.4 is 26.2 Å². The minimum atomic E-state index is -0.651. The molecule has 1 aromatic carbocycles. The first-order valence-corrected chi connectivity index (χ1v) is 19.3. The Hall–Kier alpha value is -6.69. The van der Waals surface area contributed by atoms with E-state index in [2.05, 4.69) is 41.4 Å². The van der Waals surface area contributed by atoms with Crippen LogP contribution in [0.4, 0.5) is 32.3 Å². The number of nitrogens with zero attached hydrogens (tertiary/aromatic N) is 7. The fourth-order valence-corrected chi connectivity index (χ4v) is 6.63. The zero-order valence-electron chi connectivity index (χ0n) is 32.4. The molecular formula is C40H39ClFN11O6. The summed E-state index contributed by atoms with van der Waals surface area (Å²) >= 11 is 6.24. The lowest BCUT2D eigenvalue weighted by atomic mass is 10.1. The van der Waals surface area contributed by atoms with Crippen LogP contribution in [0.1, 0.15) is 76.0 Å². The number of carbonyl (C=O) groups excluding carboxylic acids is 5. The molecule has 5 amide bonds. The summed E-state index contributed by atoms with van der Waals surface area (Å²) < 4.78 is 22.3. The number of fused-ring (bicyclic) bond motifs is 2. The first-order chi connectivity index (χ1) is 28.1. The molecule has 9 rings (SSSR count). The van der Waals surface area contributed by atoms with Gasteiger partial charge in [0.2, 0.25) is 11.8 Å². The average Bonchev–Trinajstić information content (AvgIpc) is 4.02. The van der Waals surface area contributed by atoms with Gasteiger partial charge in [0.15, 0.2) is 11.3 Å². The van der Waals surface area contributed by atoms with E-state index >= 15 is 0 Å². The smallest absolute Gasteiger partial charge is 0.416 e. The number of hydrogen-bond acceptors (Lipinski definition) is 12. The van der Waals surface area contributed by atoms with Gasteiger partial charge in [-0.1, -0.05) is 11.6 Å². The molecule has 0 radical (unpaired) electrons. The first-order valence-electron chi connectivity index (χ1n) is 18.9. The topological polar surface area (TPSA) is 206 Å². The largest absolute Gasteiger partial charge is 0.443 e. The van der Waals surface area contributed by atoms with Crippen molar-refractivity contribution in [2.24, 2.45) is 0 Å². The zero-order valence-corrected chi connectivity index (χ0v) is 33.2. The predicted molar refractivity (Wildman–Crippen MR) is 215 cm³/mol. The number of halogens is 2. The van der Waals surface area contributed by atoms with E-state index in [0.717, 1.165) is 31.5 Å². The van der Waals surface area contributed by atoms with Crippen molar-refractivity contribution in [2.75, 3.05) is 15.5 Å². The number of hydrogen-bond donors (Lipinski definition) is 4. The van der Waals surface area contributed by atoms with Gasteiger partial charge < -0.3 is 15.4 Å². The second-order valence-electron chi connectivity index (χ2n) is 15.7. The van der Waals surface area contributed by atoms with Crippen molar-refractivity contribution in [3.05, 3.63) is 81.5 Å². The molecule has 2 aliphatic carbocycles. The Bertz CT molecular complexity index is 2660. The highest BCUT2D eigenvalue weighted by Gasteiger charge is 2.38. The van der Waals surface area contributed by atoms with Gasteiger partial charge in [-0.05, 0) is 89.3 Å². The van der Waals surface area contributed by atoms with Crippen molar-refractivity contribution >= 4 is 87.9 Å². The SMILES string of the molecule is CC(C)(C)OC(=O)N(c1cc(Cl)nc2c(/C=C3\CC(=O)NC3=O)cnn12)C1CC1.Cc1cc(Nc2cc(NC3CC3)n3ncc(/C=C4\CC(=O)NC4=O)c3n2)ccc1F. The Kier molecular flexibility index (Phi) is 10.1. The summed E-state index contributed by atoms with van der Waals surface area (Å²) in [5.74, 6) is -0.0153. The van der Waals surface area contributed by atoms with Gasteiger partial charge >= 0.3 is 6.09 Å². The van der Waals surface area contributed by atoms with Crippen molar-refractivity contribution in [3.8, 4) is 0 Å². The summed E-state index contributed by atoms with van der Waals surface area (Å²) in [6.45, 7) is 7.11. The van der Waals surface area contributed by atoms with Gasteiger partial charge in [0.05, 0.1) is 25.2 Å². The summed E-state index contributed by atoms with van der Waals surface area (Å²) in [7, 11) is 0. The number of rotatable bonds is 8. The van der Waals surface area contributed by atoms with E-state index in [9.17, 15) is 28.4 Å². The van der Waals surface area contributed by atoms with E-state index in [-0.39, 0.29) is 41.7 Å². The van der Waals surface area contributed by atoms with E-state index in [1.165, 1.54) is 16.8 Å². The molecule has 0 unspecified atom stereocenters. The predicted octanol–water partition coefficient (Wildman–Crippen LogP) is 5.64. The number of aryl methyl sites for hydroxylation is 1. The maximum atomic E-state index is 13.6. The number of amides is 5. The van der Waals surface area contributed by atoms with Crippen LogP contribution in [0.2, 0.25) is 5.15 Å². The summed E-state index contributed by atoms with van der Waals surface area (Å²) in [5, 5.41) is 20.1. The maximum Gasteiger partial charge on any atom is 0.416 e. The highest BCUT2D eigenvalue weighted by Crippen LogP contribution is 2.35. The molecule has 4 N–H and O–H groups in total. The fourth-order valence-electron chi connectivity index (χ4n) is 6.46. The van der Waals surface area contributed by atoms with E-state index in [1.54, 1.807) is 73.7 Å². The molecule has 5 aromatic rings. The lowest BCUT2D eigenvalue weighted by molar-refractivity contribution is -0.125. The van der Waals surface area contributed by atoms with Crippen molar-refractivity contribution in [2.45, 2.75) is 83.9 Å². The maximum absolute atomic E-state index is 13.6. The normalized spacial score (nSPS) is 18.0. The van der Waals surface area contributed by atoms with Crippen molar-refractivity contribution in [3.63, 3.8) is 0 Å². The molecule has 304 valence electrons. The first kappa shape index (κ1) is 39.2. The van der Waals surface area contributed by atoms with E-state index in [4.69, 9.17) is 16.3 Å². The monoisotopic (exact) mass is 823 g/mol. The van der Waals surface area contributed by atoms with Crippen LogP contribution in [0, 0.1) is 12.7 Å². The number of carbonyl (C=O) groups is 5. The van der Waals surface area contributed by atoms with Crippen LogP contribution in [0.15, 0.2) is 53.9 Å². The van der Waals surface area contributed by atoms with Crippen LogP contribution in [-0.4, -0.2) is 76.6 Å². The second kappa shape index (κ2) is 15.2. The molecule has 2 saturated carbocycles. The van der Waals surface area contributed by atoms with Crippen molar-refractivity contribution in [1.29, 1.82) is 0 Å². The molecule has 2 aliphatic heterocycles. The molecular weight excluding hydrogens is 785 g/mol. The van der Waals surface area contributed by atoms with Gasteiger partial charge in [-0.15, -0.1) is 0 Å². The third kappa shape index (κ3) is 8.76. The van der Waals surface area contributed by atoms with Crippen LogP contribution >= 0.6 is 11.6 Å². The van der Waals surface area contributed by atoms with E-state index in [1.807, 2.05) is 6.07 Å². The lowest BCUT2D eigenvalue weighted by Gasteiger charge is -2.27. The number of anilines is 4. The zero-order chi connectivity index (χ0) is 41.7. The van der Waals surface area contributed by atoms with Crippen molar-refractivity contribution < 1.29 is 33.1 Å². The Labute approximate surface area is 341 Å². The molecule has 6 heterocycles. The summed E-state index contributed by atoms with van der Waals surface area (Å²) in [4.78, 5) is 70.1. The average molecular weight is 824 g/mol. The highest BCUT2D eigenvalue weighted by molar-refractivity contribution is 6.30. The van der Waals surface area contributed by atoms with Crippen molar-refractivity contribution in [1.82, 2.24) is 39.8 Å². The number of nitrogens with one attached hydrogen (secondary N) is 4. The van der Waals surface area contributed by atoms with Crippen LogP contribution in [0.3, 0.4) is 0 Å². The minimum Gasteiger partial charge on any atom is -0.443 e. The Morgan fingerprint density at radius 3 is 2.05 bits per heavy atom. The number of benzene rings is 1. The molecule has 2 saturated heterocycles. The molecule has 17 nitrogen and oxygen atoms in total. The lowest BCUT2D eigenvalue weighted by Crippen LogP contribution is -2.39. The number of imide groups is 2. The fraction of sp³-hybridized carbons (Fsp3) is 0.325. The Morgan fingerprint density at radius 1 is 0.898 bits per heavy atom. The van der Waals surface area contributed by atoms with Crippen LogP contribution in [0.5, 0.6) is 0 Å². The molecule has 0 bridgehead atoms. The molecule has 0 spiro atoms. The summed E-state index contributed by atoms with van der Waals surface area (Å²) in [6.07, 6.45) is 9.76. The minimum absolute atomic E-state index is 0.00393. The van der Waals surface area contributed by atoms with Crippen LogP contribution in [0.25, 0.3) is 23.4 Å². The van der Waals surface area contributed by atoms with Gasteiger partial charge in [-0.3, -0.25) is 34.7 Å². The summed E-state index contributed by atoms with van der Waals surface area (Å²) in [5.41, 5.74) is 3.36. The van der Waals surface area contributed by atoms with Gasteiger partial charge in [0.25, 0.3) is 11.8 Å².